The van der Waals surface area contributed by atoms with E-state index in [4.69, 9.17) is 0 Å². The number of benzene rings is 1. The maximum atomic E-state index is 12.8. The Morgan fingerprint density at radius 1 is 1.12 bits per heavy atom. The molecule has 0 aliphatic rings. The molecule has 130 valence electrons. The minimum Gasteiger partial charge on any atom is -0.354 e. The van der Waals surface area contributed by atoms with E-state index in [9.17, 15) is 9.59 Å². The Kier molecular flexibility index (Phi) is 4.20. The molecular formula is C19H22N4O2. The zero-order valence-corrected chi connectivity index (χ0v) is 15.2. The highest BCUT2D eigenvalue weighted by Gasteiger charge is 2.17. The normalized spacial score (nSPS) is 11.1. The van der Waals surface area contributed by atoms with Crippen LogP contribution in [0, 0.1) is 13.8 Å². The Balaban J connectivity index is 2.38. The standard InChI is InChI=1S/C19H22N4O2/c1-6-13-10-20-17-15(18(24)23(5)19(25)22(17)4)16(13)21-14-9-7-8-11(2)12(14)3/h7-10H,6H2,1-5H3,(H,20,21). The van der Waals surface area contributed by atoms with Crippen molar-refractivity contribution in [3.8, 4) is 0 Å². The second kappa shape index (κ2) is 6.20. The molecule has 0 atom stereocenters. The summed E-state index contributed by atoms with van der Waals surface area (Å²) in [4.78, 5) is 29.4. The first kappa shape index (κ1) is 17.0. The smallest absolute Gasteiger partial charge is 0.332 e. The highest BCUT2D eigenvalue weighted by Crippen LogP contribution is 2.29. The Morgan fingerprint density at radius 3 is 2.52 bits per heavy atom. The van der Waals surface area contributed by atoms with Gasteiger partial charge in [-0.25, -0.2) is 9.78 Å². The lowest BCUT2D eigenvalue weighted by molar-refractivity contribution is 0.707. The predicted octanol–water partition coefficient (Wildman–Crippen LogP) is 2.56. The van der Waals surface area contributed by atoms with E-state index in [1.165, 1.54) is 17.2 Å². The number of anilines is 2. The summed E-state index contributed by atoms with van der Waals surface area (Å²) in [5.41, 5.74) is 4.55. The molecule has 25 heavy (non-hydrogen) atoms. The van der Waals surface area contributed by atoms with Crippen molar-refractivity contribution in [2.75, 3.05) is 5.32 Å². The van der Waals surface area contributed by atoms with Crippen molar-refractivity contribution < 1.29 is 0 Å². The molecule has 0 amide bonds. The van der Waals surface area contributed by atoms with E-state index in [2.05, 4.69) is 23.3 Å². The fourth-order valence-electron chi connectivity index (χ4n) is 3.00. The largest absolute Gasteiger partial charge is 0.354 e. The molecule has 2 aromatic heterocycles. The van der Waals surface area contributed by atoms with Gasteiger partial charge in [0.25, 0.3) is 5.56 Å². The van der Waals surface area contributed by atoms with Crippen LogP contribution in [0.15, 0.2) is 34.0 Å². The van der Waals surface area contributed by atoms with Crippen LogP contribution in [0.5, 0.6) is 0 Å². The van der Waals surface area contributed by atoms with E-state index < -0.39 is 0 Å². The van der Waals surface area contributed by atoms with E-state index in [-0.39, 0.29) is 11.2 Å². The second-order valence-corrected chi connectivity index (χ2v) is 6.29. The van der Waals surface area contributed by atoms with Gasteiger partial charge in [0.05, 0.1) is 5.69 Å². The summed E-state index contributed by atoms with van der Waals surface area (Å²) in [5, 5.41) is 3.86. The first-order valence-corrected chi connectivity index (χ1v) is 8.27. The van der Waals surface area contributed by atoms with Gasteiger partial charge in [-0.05, 0) is 43.0 Å². The van der Waals surface area contributed by atoms with Crippen molar-refractivity contribution in [1.82, 2.24) is 14.1 Å². The van der Waals surface area contributed by atoms with E-state index in [1.54, 1.807) is 13.2 Å². The van der Waals surface area contributed by atoms with E-state index in [0.717, 1.165) is 33.5 Å². The number of hydrogen-bond acceptors (Lipinski definition) is 4. The third-order valence-electron chi connectivity index (χ3n) is 4.79. The van der Waals surface area contributed by atoms with Crippen LogP contribution in [0.1, 0.15) is 23.6 Å². The summed E-state index contributed by atoms with van der Waals surface area (Å²) < 4.78 is 2.53. The Labute approximate surface area is 145 Å². The first-order chi connectivity index (χ1) is 11.9. The van der Waals surface area contributed by atoms with Gasteiger partial charge < -0.3 is 5.32 Å². The number of nitrogens with zero attached hydrogens (tertiary/aromatic N) is 3. The Hall–Kier alpha value is -2.89. The quantitative estimate of drug-likeness (QED) is 0.797. The Morgan fingerprint density at radius 2 is 1.84 bits per heavy atom. The lowest BCUT2D eigenvalue weighted by Gasteiger charge is -2.17. The number of hydrogen-bond donors (Lipinski definition) is 1. The number of nitrogens with one attached hydrogen (secondary N) is 1. The zero-order valence-electron chi connectivity index (χ0n) is 15.2. The molecule has 1 N–H and O–H groups in total. The van der Waals surface area contributed by atoms with Gasteiger partial charge in [-0.3, -0.25) is 13.9 Å². The summed E-state index contributed by atoms with van der Waals surface area (Å²) in [6, 6.07) is 6.02. The number of aryl methyl sites for hydroxylation is 3. The van der Waals surface area contributed by atoms with Crippen molar-refractivity contribution >= 4 is 22.4 Å². The maximum Gasteiger partial charge on any atom is 0.332 e. The Bertz CT molecular complexity index is 1090. The average Bonchev–Trinajstić information content (AvgIpc) is 2.61. The molecule has 0 spiro atoms. The van der Waals surface area contributed by atoms with Gasteiger partial charge in [-0.1, -0.05) is 19.1 Å². The predicted molar refractivity (Wildman–Crippen MR) is 101 cm³/mol. The fraction of sp³-hybridized carbons (Fsp3) is 0.316. The number of rotatable bonds is 3. The van der Waals surface area contributed by atoms with Crippen LogP contribution in [0.3, 0.4) is 0 Å². The third-order valence-corrected chi connectivity index (χ3v) is 4.79. The summed E-state index contributed by atoms with van der Waals surface area (Å²) in [6.45, 7) is 6.11. The molecule has 1 aromatic carbocycles. The van der Waals surface area contributed by atoms with Crippen LogP contribution in [0.25, 0.3) is 11.0 Å². The molecule has 0 fully saturated rings. The monoisotopic (exact) mass is 338 g/mol. The molecule has 0 saturated heterocycles. The summed E-state index contributed by atoms with van der Waals surface area (Å²) >= 11 is 0. The van der Waals surface area contributed by atoms with Gasteiger partial charge in [0, 0.05) is 26.0 Å². The van der Waals surface area contributed by atoms with Gasteiger partial charge in [0.2, 0.25) is 0 Å². The number of pyridine rings is 1. The van der Waals surface area contributed by atoms with E-state index in [1.807, 2.05) is 26.0 Å². The molecule has 0 aliphatic heterocycles. The van der Waals surface area contributed by atoms with E-state index >= 15 is 0 Å². The second-order valence-electron chi connectivity index (χ2n) is 6.29. The maximum absolute atomic E-state index is 12.8. The fourth-order valence-corrected chi connectivity index (χ4v) is 3.00. The van der Waals surface area contributed by atoms with Gasteiger partial charge in [-0.2, -0.15) is 0 Å². The van der Waals surface area contributed by atoms with Crippen LogP contribution in [0.4, 0.5) is 11.4 Å². The minimum absolute atomic E-state index is 0.339. The van der Waals surface area contributed by atoms with Gasteiger partial charge in [0.1, 0.15) is 5.39 Å². The molecule has 3 aromatic rings. The van der Waals surface area contributed by atoms with Crippen molar-refractivity contribution in [3.05, 3.63) is 61.9 Å². The van der Waals surface area contributed by atoms with Gasteiger partial charge in [-0.15, -0.1) is 0 Å². The van der Waals surface area contributed by atoms with Crippen LogP contribution < -0.4 is 16.6 Å². The first-order valence-electron chi connectivity index (χ1n) is 8.27. The third kappa shape index (κ3) is 2.63. The molecule has 0 saturated carbocycles. The molecular weight excluding hydrogens is 316 g/mol. The molecule has 6 heteroatoms. The van der Waals surface area contributed by atoms with Crippen molar-refractivity contribution in [2.24, 2.45) is 14.1 Å². The topological polar surface area (TPSA) is 68.9 Å². The highest BCUT2D eigenvalue weighted by atomic mass is 16.2. The van der Waals surface area contributed by atoms with Crippen molar-refractivity contribution in [1.29, 1.82) is 0 Å². The summed E-state index contributed by atoms with van der Waals surface area (Å²) in [5.74, 6) is 0. The molecule has 2 heterocycles. The summed E-state index contributed by atoms with van der Waals surface area (Å²) in [7, 11) is 3.12. The lowest BCUT2D eigenvalue weighted by atomic mass is 10.1. The van der Waals surface area contributed by atoms with E-state index in [0.29, 0.717) is 11.0 Å². The summed E-state index contributed by atoms with van der Waals surface area (Å²) in [6.07, 6.45) is 2.46. The van der Waals surface area contributed by atoms with Crippen molar-refractivity contribution in [2.45, 2.75) is 27.2 Å². The molecule has 6 nitrogen and oxygen atoms in total. The molecule has 0 bridgehead atoms. The molecule has 0 radical (unpaired) electrons. The number of fused-ring (bicyclic) bond motifs is 1. The number of aromatic nitrogens is 3. The molecule has 3 rings (SSSR count). The minimum atomic E-state index is -0.382. The lowest BCUT2D eigenvalue weighted by Crippen LogP contribution is -2.37. The van der Waals surface area contributed by atoms with Crippen LogP contribution in [-0.2, 0) is 20.5 Å². The van der Waals surface area contributed by atoms with Crippen molar-refractivity contribution in [3.63, 3.8) is 0 Å². The highest BCUT2D eigenvalue weighted by molar-refractivity contribution is 5.92. The molecule has 0 unspecified atom stereocenters. The van der Waals surface area contributed by atoms with Crippen LogP contribution in [-0.4, -0.2) is 14.1 Å². The average molecular weight is 338 g/mol. The van der Waals surface area contributed by atoms with Crippen LogP contribution >= 0.6 is 0 Å². The van der Waals surface area contributed by atoms with Gasteiger partial charge >= 0.3 is 5.69 Å². The van der Waals surface area contributed by atoms with Gasteiger partial charge in [0.15, 0.2) is 5.65 Å². The SMILES string of the molecule is CCc1cnc2c(c1Nc1cccc(C)c1C)c(=O)n(C)c(=O)n2C. The molecule has 0 aliphatic carbocycles. The zero-order chi connectivity index (χ0) is 18.3. The van der Waals surface area contributed by atoms with Crippen LogP contribution in [0.2, 0.25) is 0 Å².